The van der Waals surface area contributed by atoms with Crippen LogP contribution in [0.15, 0.2) is 54.7 Å². The number of carbonyl (C=O) groups is 3. The molecule has 0 aliphatic rings. The molecule has 3 rings (SSSR count). The van der Waals surface area contributed by atoms with Crippen molar-refractivity contribution >= 4 is 51.3 Å². The zero-order valence-electron chi connectivity index (χ0n) is 14.8. The number of ether oxygens (including phenoxy) is 1. The lowest BCUT2D eigenvalue weighted by molar-refractivity contribution is -0.120. The molecule has 28 heavy (non-hydrogen) atoms. The monoisotopic (exact) mass is 491 g/mol. The smallest absolute Gasteiger partial charge is 0.407 e. The highest BCUT2D eigenvalue weighted by Crippen LogP contribution is 2.24. The lowest BCUT2D eigenvalue weighted by Crippen LogP contribution is -2.39. The SMILES string of the molecule is O=C(CNC(=O)OCc1ccccc1)NCC(=O)c1c[nH]c2cccc(I)c12. The number of ketones is 1. The summed E-state index contributed by atoms with van der Waals surface area (Å²) in [6, 6.07) is 14.9. The second-order valence-corrected chi connectivity index (χ2v) is 7.14. The van der Waals surface area contributed by atoms with E-state index >= 15 is 0 Å². The van der Waals surface area contributed by atoms with Crippen LogP contribution < -0.4 is 10.6 Å². The van der Waals surface area contributed by atoms with Gasteiger partial charge in [-0.25, -0.2) is 4.79 Å². The van der Waals surface area contributed by atoms with Crippen LogP contribution in [0, 0.1) is 3.57 Å². The summed E-state index contributed by atoms with van der Waals surface area (Å²) in [6.45, 7) is -0.310. The Bertz CT molecular complexity index is 1000. The summed E-state index contributed by atoms with van der Waals surface area (Å²) in [5.41, 5.74) is 2.24. The molecule has 0 saturated heterocycles. The zero-order chi connectivity index (χ0) is 19.9. The first kappa shape index (κ1) is 19.9. The highest BCUT2D eigenvalue weighted by atomic mass is 127. The van der Waals surface area contributed by atoms with Gasteiger partial charge < -0.3 is 20.4 Å². The Morgan fingerprint density at radius 3 is 2.54 bits per heavy atom. The Hall–Kier alpha value is -2.88. The second-order valence-electron chi connectivity index (χ2n) is 5.98. The molecule has 0 atom stereocenters. The van der Waals surface area contributed by atoms with Gasteiger partial charge in [-0.15, -0.1) is 0 Å². The van der Waals surface area contributed by atoms with Gasteiger partial charge in [-0.1, -0.05) is 36.4 Å². The standard InChI is InChI=1S/C20H18IN3O4/c21-15-7-4-8-16-19(15)14(9-22-16)17(25)10-23-18(26)11-24-20(27)28-12-13-5-2-1-3-6-13/h1-9,22H,10-12H2,(H,23,26)(H,24,27). The molecule has 2 amide bonds. The first-order chi connectivity index (χ1) is 13.5. The van der Waals surface area contributed by atoms with Gasteiger partial charge in [0.15, 0.2) is 5.78 Å². The maximum atomic E-state index is 12.4. The number of fused-ring (bicyclic) bond motifs is 1. The number of aromatic amines is 1. The van der Waals surface area contributed by atoms with Crippen LogP contribution in [0.25, 0.3) is 10.9 Å². The van der Waals surface area contributed by atoms with E-state index in [2.05, 4.69) is 38.2 Å². The van der Waals surface area contributed by atoms with Crippen LogP contribution in [-0.4, -0.2) is 35.9 Å². The van der Waals surface area contributed by atoms with Gasteiger partial charge in [0, 0.05) is 26.2 Å². The minimum atomic E-state index is -0.698. The van der Waals surface area contributed by atoms with Gasteiger partial charge in [0.2, 0.25) is 5.91 Å². The van der Waals surface area contributed by atoms with E-state index in [-0.39, 0.29) is 25.5 Å². The van der Waals surface area contributed by atoms with Crippen molar-refractivity contribution in [1.29, 1.82) is 0 Å². The predicted molar refractivity (Wildman–Crippen MR) is 113 cm³/mol. The molecule has 2 aromatic carbocycles. The Morgan fingerprint density at radius 1 is 0.964 bits per heavy atom. The largest absolute Gasteiger partial charge is 0.445 e. The van der Waals surface area contributed by atoms with Gasteiger partial charge in [0.05, 0.1) is 6.54 Å². The molecule has 8 heteroatoms. The van der Waals surface area contributed by atoms with E-state index in [1.54, 1.807) is 6.20 Å². The molecule has 1 aromatic heterocycles. The molecule has 0 aliphatic heterocycles. The van der Waals surface area contributed by atoms with Crippen LogP contribution in [0.3, 0.4) is 0 Å². The number of aromatic nitrogens is 1. The number of rotatable bonds is 7. The van der Waals surface area contributed by atoms with Crippen molar-refractivity contribution in [3.8, 4) is 0 Å². The highest BCUT2D eigenvalue weighted by Gasteiger charge is 2.15. The molecular weight excluding hydrogens is 473 g/mol. The number of alkyl carbamates (subject to hydrolysis) is 1. The van der Waals surface area contributed by atoms with Crippen LogP contribution in [0.1, 0.15) is 15.9 Å². The molecule has 144 valence electrons. The number of nitrogens with one attached hydrogen (secondary N) is 3. The predicted octanol–water partition coefficient (Wildman–Crippen LogP) is 3.00. The van der Waals surface area contributed by atoms with E-state index in [0.717, 1.165) is 20.0 Å². The number of hydrogen-bond acceptors (Lipinski definition) is 4. The number of H-pyrrole nitrogens is 1. The van der Waals surface area contributed by atoms with Gasteiger partial charge in [0.1, 0.15) is 13.2 Å². The van der Waals surface area contributed by atoms with Gasteiger partial charge >= 0.3 is 6.09 Å². The van der Waals surface area contributed by atoms with E-state index in [1.165, 1.54) is 0 Å². The summed E-state index contributed by atoms with van der Waals surface area (Å²) < 4.78 is 5.98. The van der Waals surface area contributed by atoms with E-state index < -0.39 is 12.0 Å². The zero-order valence-corrected chi connectivity index (χ0v) is 17.0. The van der Waals surface area contributed by atoms with Crippen molar-refractivity contribution in [1.82, 2.24) is 15.6 Å². The first-order valence-corrected chi connectivity index (χ1v) is 9.62. The Kier molecular flexibility index (Phi) is 6.64. The molecule has 0 bridgehead atoms. The van der Waals surface area contributed by atoms with Crippen LogP contribution in [-0.2, 0) is 16.1 Å². The molecule has 0 saturated carbocycles. The molecule has 0 radical (unpaired) electrons. The van der Waals surface area contributed by atoms with Crippen LogP contribution in [0.4, 0.5) is 4.79 Å². The second kappa shape index (κ2) is 9.36. The number of carbonyl (C=O) groups excluding carboxylic acids is 3. The maximum Gasteiger partial charge on any atom is 0.407 e. The van der Waals surface area contributed by atoms with Crippen molar-refractivity contribution in [2.75, 3.05) is 13.1 Å². The number of benzene rings is 2. The first-order valence-electron chi connectivity index (χ1n) is 8.54. The van der Waals surface area contributed by atoms with Crippen molar-refractivity contribution in [2.45, 2.75) is 6.61 Å². The van der Waals surface area contributed by atoms with Crippen LogP contribution in [0.5, 0.6) is 0 Å². The third-order valence-electron chi connectivity index (χ3n) is 4.01. The summed E-state index contributed by atoms with van der Waals surface area (Å²) in [5, 5.41) is 5.70. The molecular formula is C20H18IN3O4. The Morgan fingerprint density at radius 2 is 1.75 bits per heavy atom. The number of hydrogen-bond donors (Lipinski definition) is 3. The molecule has 0 aliphatic carbocycles. The van der Waals surface area contributed by atoms with Crippen molar-refractivity contribution in [2.24, 2.45) is 0 Å². The van der Waals surface area contributed by atoms with Gasteiger partial charge in [-0.2, -0.15) is 0 Å². The van der Waals surface area contributed by atoms with E-state index in [0.29, 0.717) is 5.56 Å². The molecule has 0 unspecified atom stereocenters. The molecule has 3 N–H and O–H groups in total. The van der Waals surface area contributed by atoms with Crippen LogP contribution >= 0.6 is 22.6 Å². The number of halogens is 1. The summed E-state index contributed by atoms with van der Waals surface area (Å²) in [4.78, 5) is 39.0. The van der Waals surface area contributed by atoms with E-state index in [4.69, 9.17) is 4.74 Å². The maximum absolute atomic E-state index is 12.4. The fourth-order valence-corrected chi connectivity index (χ4v) is 3.41. The molecule has 1 heterocycles. The summed E-state index contributed by atoms with van der Waals surface area (Å²) in [6.07, 6.45) is 0.942. The Labute approximate surface area is 175 Å². The van der Waals surface area contributed by atoms with E-state index in [9.17, 15) is 14.4 Å². The fourth-order valence-electron chi connectivity index (χ4n) is 2.62. The topological polar surface area (TPSA) is 100 Å². The lowest BCUT2D eigenvalue weighted by atomic mass is 10.1. The highest BCUT2D eigenvalue weighted by molar-refractivity contribution is 14.1. The molecule has 0 fully saturated rings. The average molecular weight is 491 g/mol. The minimum Gasteiger partial charge on any atom is -0.445 e. The van der Waals surface area contributed by atoms with E-state index in [1.807, 2.05) is 48.5 Å². The third-order valence-corrected chi connectivity index (χ3v) is 4.91. The molecule has 7 nitrogen and oxygen atoms in total. The summed E-state index contributed by atoms with van der Waals surface area (Å²) in [5.74, 6) is -0.685. The number of Topliss-reactive ketones (excluding diaryl/α,β-unsaturated/α-hetero) is 1. The average Bonchev–Trinajstić information content (AvgIpc) is 3.15. The van der Waals surface area contributed by atoms with Crippen molar-refractivity contribution in [3.05, 3.63) is 69.4 Å². The normalized spacial score (nSPS) is 10.5. The van der Waals surface area contributed by atoms with Gasteiger partial charge in [0.25, 0.3) is 0 Å². The quantitative estimate of drug-likeness (QED) is 0.350. The lowest BCUT2D eigenvalue weighted by Gasteiger charge is -2.08. The van der Waals surface area contributed by atoms with Crippen molar-refractivity contribution in [3.63, 3.8) is 0 Å². The summed E-state index contributed by atoms with van der Waals surface area (Å²) >= 11 is 2.17. The summed E-state index contributed by atoms with van der Waals surface area (Å²) in [7, 11) is 0. The van der Waals surface area contributed by atoms with Gasteiger partial charge in [-0.3, -0.25) is 9.59 Å². The van der Waals surface area contributed by atoms with Crippen LogP contribution in [0.2, 0.25) is 0 Å². The van der Waals surface area contributed by atoms with Gasteiger partial charge in [-0.05, 0) is 40.3 Å². The minimum absolute atomic E-state index is 0.117. The molecule has 3 aromatic rings. The fraction of sp³-hybridized carbons (Fsp3) is 0.150. The number of amides is 2. The Balaban J connectivity index is 1.43. The molecule has 0 spiro atoms. The van der Waals surface area contributed by atoms with Crippen molar-refractivity contribution < 1.29 is 19.1 Å². The third kappa shape index (κ3) is 5.10.